The van der Waals surface area contributed by atoms with Crippen molar-refractivity contribution in [2.24, 2.45) is 0 Å². The third-order valence-electron chi connectivity index (χ3n) is 4.34. The summed E-state index contributed by atoms with van der Waals surface area (Å²) in [5.41, 5.74) is 1.15. The lowest BCUT2D eigenvalue weighted by Gasteiger charge is -2.31. The second kappa shape index (κ2) is 8.21. The first kappa shape index (κ1) is 17.5. The first-order valence-electron chi connectivity index (χ1n) is 8.15. The maximum atomic E-state index is 6.22. The highest BCUT2D eigenvalue weighted by molar-refractivity contribution is 7.16. The van der Waals surface area contributed by atoms with Crippen molar-refractivity contribution in [2.75, 3.05) is 40.4 Å². The Bertz CT molecular complexity index is 669. The van der Waals surface area contributed by atoms with Crippen LogP contribution in [0.15, 0.2) is 30.3 Å². The number of rotatable bonds is 5. The predicted octanol–water partition coefficient (Wildman–Crippen LogP) is 3.80. The van der Waals surface area contributed by atoms with E-state index in [1.807, 2.05) is 18.2 Å². The molecule has 1 unspecified atom stereocenters. The number of ether oxygens (including phenoxy) is 2. The van der Waals surface area contributed by atoms with Gasteiger partial charge >= 0.3 is 0 Å². The minimum Gasteiger partial charge on any atom is -0.497 e. The number of hydrogen-bond donors (Lipinski definition) is 1. The smallest absolute Gasteiger partial charge is 0.127 e. The normalized spacial score (nSPS) is 17.3. The van der Waals surface area contributed by atoms with Crippen LogP contribution in [0.1, 0.15) is 22.9 Å². The van der Waals surface area contributed by atoms with Crippen molar-refractivity contribution in [1.82, 2.24) is 10.2 Å². The molecule has 24 heavy (non-hydrogen) atoms. The molecule has 2 heterocycles. The lowest BCUT2D eigenvalue weighted by molar-refractivity contribution is 0.239. The van der Waals surface area contributed by atoms with Gasteiger partial charge in [-0.05, 0) is 37.2 Å². The molecule has 0 amide bonds. The number of halogens is 1. The Labute approximate surface area is 152 Å². The van der Waals surface area contributed by atoms with Crippen molar-refractivity contribution < 1.29 is 9.47 Å². The zero-order chi connectivity index (χ0) is 16.9. The van der Waals surface area contributed by atoms with Gasteiger partial charge in [0, 0.05) is 36.1 Å². The average molecular weight is 367 g/mol. The number of nitrogens with zero attached hydrogens (tertiary/aromatic N) is 1. The number of methoxy groups -OCH3 is 2. The van der Waals surface area contributed by atoms with Gasteiger partial charge in [0.05, 0.1) is 24.6 Å². The summed E-state index contributed by atoms with van der Waals surface area (Å²) in [5, 5.41) is 3.47. The molecule has 6 heteroatoms. The van der Waals surface area contributed by atoms with Crippen LogP contribution >= 0.6 is 22.9 Å². The van der Waals surface area contributed by atoms with Gasteiger partial charge in [0.25, 0.3) is 0 Å². The topological polar surface area (TPSA) is 33.7 Å². The van der Waals surface area contributed by atoms with E-state index in [1.54, 1.807) is 25.6 Å². The zero-order valence-electron chi connectivity index (χ0n) is 14.0. The Morgan fingerprint density at radius 3 is 2.71 bits per heavy atom. The summed E-state index contributed by atoms with van der Waals surface area (Å²) < 4.78 is 11.8. The summed E-state index contributed by atoms with van der Waals surface area (Å²) in [7, 11) is 3.38. The van der Waals surface area contributed by atoms with Crippen LogP contribution in [0.25, 0.3) is 0 Å². The molecule has 130 valence electrons. The van der Waals surface area contributed by atoms with Crippen molar-refractivity contribution in [1.29, 1.82) is 0 Å². The minimum absolute atomic E-state index is 0.142. The molecule has 1 aromatic carbocycles. The summed E-state index contributed by atoms with van der Waals surface area (Å²) in [6, 6.07) is 10.3. The molecule has 3 rings (SSSR count). The van der Waals surface area contributed by atoms with Crippen LogP contribution in [-0.4, -0.2) is 45.3 Å². The van der Waals surface area contributed by atoms with Gasteiger partial charge in [0.2, 0.25) is 0 Å². The van der Waals surface area contributed by atoms with Crippen LogP contribution in [0.4, 0.5) is 0 Å². The summed E-state index contributed by atoms with van der Waals surface area (Å²) in [5.74, 6) is 1.65. The monoisotopic (exact) mass is 366 g/mol. The van der Waals surface area contributed by atoms with E-state index in [0.717, 1.165) is 54.0 Å². The number of nitrogens with one attached hydrogen (secondary N) is 1. The molecule has 1 N–H and O–H groups in total. The quantitative estimate of drug-likeness (QED) is 0.872. The molecule has 1 fully saturated rings. The van der Waals surface area contributed by atoms with Crippen molar-refractivity contribution in [3.05, 3.63) is 45.1 Å². The largest absolute Gasteiger partial charge is 0.497 e. The van der Waals surface area contributed by atoms with E-state index in [2.05, 4.69) is 22.3 Å². The van der Waals surface area contributed by atoms with E-state index in [4.69, 9.17) is 21.1 Å². The van der Waals surface area contributed by atoms with Crippen LogP contribution in [0.5, 0.6) is 11.5 Å². The summed E-state index contributed by atoms with van der Waals surface area (Å²) in [6.45, 7) is 4.10. The first-order valence-corrected chi connectivity index (χ1v) is 9.34. The molecule has 1 aliphatic heterocycles. The van der Waals surface area contributed by atoms with Gasteiger partial charge in [0.15, 0.2) is 0 Å². The molecular weight excluding hydrogens is 344 g/mol. The minimum atomic E-state index is 0.142. The van der Waals surface area contributed by atoms with E-state index in [1.165, 1.54) is 4.88 Å². The molecule has 1 aromatic heterocycles. The molecule has 0 spiro atoms. The van der Waals surface area contributed by atoms with Gasteiger partial charge in [-0.3, -0.25) is 4.90 Å². The molecule has 2 aromatic rings. The Morgan fingerprint density at radius 1 is 1.12 bits per heavy atom. The lowest BCUT2D eigenvalue weighted by Crippen LogP contribution is -2.32. The highest BCUT2D eigenvalue weighted by atomic mass is 35.5. The van der Waals surface area contributed by atoms with Gasteiger partial charge in [0.1, 0.15) is 11.5 Å². The number of hydrogen-bond acceptors (Lipinski definition) is 5. The van der Waals surface area contributed by atoms with E-state index < -0.39 is 0 Å². The van der Waals surface area contributed by atoms with E-state index in [-0.39, 0.29) is 6.04 Å². The molecule has 1 atom stereocenters. The molecule has 1 saturated heterocycles. The maximum Gasteiger partial charge on any atom is 0.127 e. The van der Waals surface area contributed by atoms with Crippen LogP contribution in [0.3, 0.4) is 0 Å². The highest BCUT2D eigenvalue weighted by Gasteiger charge is 2.27. The molecule has 0 bridgehead atoms. The van der Waals surface area contributed by atoms with Crippen LogP contribution in [-0.2, 0) is 0 Å². The first-order chi connectivity index (χ1) is 11.7. The van der Waals surface area contributed by atoms with Crippen LogP contribution < -0.4 is 14.8 Å². The van der Waals surface area contributed by atoms with Gasteiger partial charge in [-0.15, -0.1) is 11.3 Å². The Balaban J connectivity index is 2.03. The van der Waals surface area contributed by atoms with Crippen molar-refractivity contribution in [3.63, 3.8) is 0 Å². The summed E-state index contributed by atoms with van der Waals surface area (Å²) in [6.07, 6.45) is 1.13. The van der Waals surface area contributed by atoms with Gasteiger partial charge in [-0.25, -0.2) is 0 Å². The Hall–Kier alpha value is -1.27. The zero-order valence-corrected chi connectivity index (χ0v) is 15.6. The van der Waals surface area contributed by atoms with Crippen molar-refractivity contribution in [2.45, 2.75) is 12.5 Å². The van der Waals surface area contributed by atoms with Crippen LogP contribution in [0, 0.1) is 0 Å². The SMILES string of the molecule is COc1ccc(C(c2ccc(Cl)s2)N2CCCNCC2)c(OC)c1. The fourth-order valence-electron chi connectivity index (χ4n) is 3.17. The Kier molecular flexibility index (Phi) is 6.00. The lowest BCUT2D eigenvalue weighted by atomic mass is 10.0. The van der Waals surface area contributed by atoms with E-state index in [9.17, 15) is 0 Å². The molecule has 1 aliphatic rings. The van der Waals surface area contributed by atoms with Crippen molar-refractivity contribution in [3.8, 4) is 11.5 Å². The second-order valence-electron chi connectivity index (χ2n) is 5.79. The fraction of sp³-hybridized carbons (Fsp3) is 0.444. The van der Waals surface area contributed by atoms with Gasteiger partial charge in [-0.2, -0.15) is 0 Å². The molecule has 0 aliphatic carbocycles. The summed E-state index contributed by atoms with van der Waals surface area (Å²) in [4.78, 5) is 3.75. The number of thiophene rings is 1. The third kappa shape index (κ3) is 3.86. The highest BCUT2D eigenvalue weighted by Crippen LogP contribution is 2.40. The fourth-order valence-corrected chi connectivity index (χ4v) is 4.39. The maximum absolute atomic E-state index is 6.22. The molecule has 0 radical (unpaired) electrons. The second-order valence-corrected chi connectivity index (χ2v) is 7.54. The van der Waals surface area contributed by atoms with E-state index >= 15 is 0 Å². The van der Waals surface area contributed by atoms with Gasteiger partial charge in [-0.1, -0.05) is 11.6 Å². The average Bonchev–Trinajstić information content (AvgIpc) is 2.86. The molecule has 4 nitrogen and oxygen atoms in total. The molecule has 0 saturated carbocycles. The van der Waals surface area contributed by atoms with Gasteiger partial charge < -0.3 is 14.8 Å². The van der Waals surface area contributed by atoms with Crippen LogP contribution in [0.2, 0.25) is 4.34 Å². The standard InChI is InChI=1S/C18H23ClN2O2S/c1-22-13-4-5-14(15(12-13)23-2)18(16-6-7-17(19)24-16)21-10-3-8-20-9-11-21/h4-7,12,18,20H,3,8-11H2,1-2H3. The predicted molar refractivity (Wildman–Crippen MR) is 99.8 cm³/mol. The molecular formula is C18H23ClN2O2S. The summed E-state index contributed by atoms with van der Waals surface area (Å²) >= 11 is 7.86. The van der Waals surface area contributed by atoms with Crippen molar-refractivity contribution >= 4 is 22.9 Å². The Morgan fingerprint density at radius 2 is 2.00 bits per heavy atom. The van der Waals surface area contributed by atoms with E-state index in [0.29, 0.717) is 0 Å². The third-order valence-corrected chi connectivity index (χ3v) is 5.62. The number of benzene rings is 1.